The summed E-state index contributed by atoms with van der Waals surface area (Å²) in [4.78, 5) is 16.0. The summed E-state index contributed by atoms with van der Waals surface area (Å²) in [5.74, 6) is -0.279. The van der Waals surface area contributed by atoms with Crippen molar-refractivity contribution in [3.63, 3.8) is 0 Å². The lowest BCUT2D eigenvalue weighted by Gasteiger charge is -2.14. The molecule has 0 fully saturated rings. The van der Waals surface area contributed by atoms with E-state index in [1.807, 2.05) is 54.6 Å². The van der Waals surface area contributed by atoms with E-state index >= 15 is 0 Å². The van der Waals surface area contributed by atoms with Crippen molar-refractivity contribution in [3.05, 3.63) is 84.0 Å². The Labute approximate surface area is 146 Å². The average Bonchev–Trinajstić information content (AvgIpc) is 3.13. The molecule has 0 amide bonds. The number of aliphatic carboxylic acids is 1. The van der Waals surface area contributed by atoms with E-state index in [2.05, 4.69) is 22.2 Å². The van der Waals surface area contributed by atoms with Crippen molar-refractivity contribution in [2.45, 2.75) is 0 Å². The maximum Gasteiger partial charge on any atom is 0.336 e. The molecule has 0 unspecified atom stereocenters. The molecule has 0 aliphatic carbocycles. The van der Waals surface area contributed by atoms with E-state index in [1.165, 1.54) is 6.08 Å². The predicted octanol–water partition coefficient (Wildman–Crippen LogP) is 3.13. The summed E-state index contributed by atoms with van der Waals surface area (Å²) in [6, 6.07) is 17.1. The molecule has 126 valence electrons. The Morgan fingerprint density at radius 3 is 2.56 bits per heavy atom. The normalized spacial score (nSPS) is 14.2. The van der Waals surface area contributed by atoms with E-state index in [0.717, 1.165) is 35.9 Å². The van der Waals surface area contributed by atoms with E-state index in [4.69, 9.17) is 0 Å². The summed E-state index contributed by atoms with van der Waals surface area (Å²) in [6.45, 7) is 5.24. The number of nitrogens with zero attached hydrogens (tertiary/aromatic N) is 1. The van der Waals surface area contributed by atoms with Crippen LogP contribution in [0.4, 0.5) is 5.69 Å². The minimum Gasteiger partial charge on any atom is -0.478 e. The smallest absolute Gasteiger partial charge is 0.336 e. The highest BCUT2D eigenvalue weighted by molar-refractivity contribution is 6.04. The van der Waals surface area contributed by atoms with Crippen LogP contribution in [0.25, 0.3) is 5.57 Å². The van der Waals surface area contributed by atoms with Gasteiger partial charge in [0.25, 0.3) is 0 Å². The number of carboxylic acid groups (broad SMARTS) is 1. The molecule has 0 bridgehead atoms. The number of rotatable bonds is 5. The summed E-state index contributed by atoms with van der Waals surface area (Å²) in [7, 11) is 0. The fourth-order valence-corrected chi connectivity index (χ4v) is 2.75. The molecule has 3 rings (SSSR count). The molecule has 0 spiro atoms. The van der Waals surface area contributed by atoms with Gasteiger partial charge in [0.05, 0.1) is 12.1 Å². The third-order valence-corrected chi connectivity index (χ3v) is 3.85. The van der Waals surface area contributed by atoms with E-state index in [9.17, 15) is 9.90 Å². The Morgan fingerprint density at radius 1 is 1.16 bits per heavy atom. The molecule has 0 saturated heterocycles. The van der Waals surface area contributed by atoms with Gasteiger partial charge in [-0.05, 0) is 23.3 Å². The van der Waals surface area contributed by atoms with Crippen LogP contribution in [0.15, 0.2) is 77.8 Å². The first-order chi connectivity index (χ1) is 12.2. The van der Waals surface area contributed by atoms with Gasteiger partial charge in [0.2, 0.25) is 0 Å². The van der Waals surface area contributed by atoms with Crippen LogP contribution in [0.2, 0.25) is 0 Å². The van der Waals surface area contributed by atoms with Gasteiger partial charge in [0.1, 0.15) is 0 Å². The van der Waals surface area contributed by atoms with E-state index < -0.39 is 5.97 Å². The van der Waals surface area contributed by atoms with Gasteiger partial charge in [-0.25, -0.2) is 4.79 Å². The number of anilines is 1. The first-order valence-corrected chi connectivity index (χ1v) is 8.00. The lowest BCUT2D eigenvalue weighted by Crippen LogP contribution is -2.26. The second-order valence-corrected chi connectivity index (χ2v) is 5.53. The Balaban J connectivity index is 2.08. The topological polar surface area (TPSA) is 73.7 Å². The van der Waals surface area contributed by atoms with Crippen LogP contribution in [0.5, 0.6) is 0 Å². The molecule has 2 aromatic carbocycles. The molecule has 0 atom stereocenters. The summed E-state index contributed by atoms with van der Waals surface area (Å²) in [6.07, 6.45) is 1.38. The molecule has 1 aliphatic rings. The Morgan fingerprint density at radius 2 is 1.92 bits per heavy atom. The van der Waals surface area contributed by atoms with Crippen LogP contribution in [0, 0.1) is 0 Å². The number of aliphatic imine (C=N–C) groups is 1. The largest absolute Gasteiger partial charge is 0.478 e. The lowest BCUT2D eigenvalue weighted by molar-refractivity contribution is -0.132. The Hall–Kier alpha value is -3.34. The van der Waals surface area contributed by atoms with Gasteiger partial charge < -0.3 is 15.7 Å². The quantitative estimate of drug-likeness (QED) is 0.580. The van der Waals surface area contributed by atoms with Crippen LogP contribution in [-0.2, 0) is 4.79 Å². The van der Waals surface area contributed by atoms with Gasteiger partial charge in [0, 0.05) is 17.8 Å². The van der Waals surface area contributed by atoms with E-state index in [0.29, 0.717) is 5.57 Å². The first-order valence-electron chi connectivity index (χ1n) is 8.00. The van der Waals surface area contributed by atoms with Crippen LogP contribution in [-0.4, -0.2) is 30.1 Å². The third-order valence-electron chi connectivity index (χ3n) is 3.85. The molecule has 0 radical (unpaired) electrons. The van der Waals surface area contributed by atoms with Gasteiger partial charge in [0.15, 0.2) is 5.96 Å². The second kappa shape index (κ2) is 7.49. The van der Waals surface area contributed by atoms with Crippen molar-refractivity contribution in [1.82, 2.24) is 5.32 Å². The maximum atomic E-state index is 11.7. The molecular formula is C20H19N3O2. The maximum absolute atomic E-state index is 11.7. The molecule has 2 aromatic rings. The zero-order valence-corrected chi connectivity index (χ0v) is 13.7. The second-order valence-electron chi connectivity index (χ2n) is 5.53. The molecule has 0 aromatic heterocycles. The molecular weight excluding hydrogens is 314 g/mol. The van der Waals surface area contributed by atoms with Crippen LogP contribution in [0.1, 0.15) is 11.1 Å². The SMILES string of the molecule is C=CC(C(=O)O)=C(c1ccccc1)c1cccc(NC2=NCCN2)c1. The monoisotopic (exact) mass is 333 g/mol. The van der Waals surface area contributed by atoms with Crippen molar-refractivity contribution >= 4 is 23.2 Å². The predicted molar refractivity (Wildman–Crippen MR) is 101 cm³/mol. The highest BCUT2D eigenvalue weighted by Crippen LogP contribution is 2.29. The third kappa shape index (κ3) is 3.77. The van der Waals surface area contributed by atoms with Gasteiger partial charge >= 0.3 is 5.97 Å². The van der Waals surface area contributed by atoms with Gasteiger partial charge in [-0.1, -0.05) is 55.1 Å². The van der Waals surface area contributed by atoms with Gasteiger partial charge in [-0.15, -0.1) is 0 Å². The fourth-order valence-electron chi connectivity index (χ4n) is 2.75. The van der Waals surface area contributed by atoms with Crippen LogP contribution in [0.3, 0.4) is 0 Å². The molecule has 0 saturated carbocycles. The van der Waals surface area contributed by atoms with E-state index in [1.54, 1.807) is 0 Å². The fraction of sp³-hybridized carbons (Fsp3) is 0.100. The molecule has 5 nitrogen and oxygen atoms in total. The Kier molecular flexibility index (Phi) is 4.95. The summed E-state index contributed by atoms with van der Waals surface area (Å²) >= 11 is 0. The summed E-state index contributed by atoms with van der Waals surface area (Å²) < 4.78 is 0. The minimum atomic E-state index is -1.01. The van der Waals surface area contributed by atoms with E-state index in [-0.39, 0.29) is 5.57 Å². The minimum absolute atomic E-state index is 0.166. The molecule has 3 N–H and O–H groups in total. The number of nitrogens with one attached hydrogen (secondary N) is 2. The van der Waals surface area contributed by atoms with Crippen molar-refractivity contribution in [2.75, 3.05) is 18.4 Å². The number of carbonyl (C=O) groups is 1. The number of hydrogen-bond acceptors (Lipinski definition) is 4. The van der Waals surface area contributed by atoms with Crippen LogP contribution >= 0.6 is 0 Å². The number of hydrogen-bond donors (Lipinski definition) is 3. The Bertz CT molecular complexity index is 854. The molecule has 5 heteroatoms. The van der Waals surface area contributed by atoms with Crippen molar-refractivity contribution in [3.8, 4) is 0 Å². The van der Waals surface area contributed by atoms with Crippen molar-refractivity contribution < 1.29 is 9.90 Å². The number of benzene rings is 2. The highest BCUT2D eigenvalue weighted by Gasteiger charge is 2.16. The number of guanidine groups is 1. The average molecular weight is 333 g/mol. The zero-order chi connectivity index (χ0) is 17.6. The number of carboxylic acids is 1. The van der Waals surface area contributed by atoms with Gasteiger partial charge in [-0.2, -0.15) is 0 Å². The summed E-state index contributed by atoms with van der Waals surface area (Å²) in [5.41, 5.74) is 3.26. The highest BCUT2D eigenvalue weighted by atomic mass is 16.4. The molecule has 1 heterocycles. The summed E-state index contributed by atoms with van der Waals surface area (Å²) in [5, 5.41) is 16.0. The molecule has 25 heavy (non-hydrogen) atoms. The van der Waals surface area contributed by atoms with Gasteiger partial charge in [-0.3, -0.25) is 4.99 Å². The zero-order valence-electron chi connectivity index (χ0n) is 13.7. The standard InChI is InChI=1S/C20H19N3O2/c1-2-17(19(24)25)18(14-7-4-3-5-8-14)15-9-6-10-16(13-15)23-20-21-11-12-22-20/h2-10,13H,1,11-12H2,(H,24,25)(H2,21,22,23). The molecule has 1 aliphatic heterocycles. The van der Waals surface area contributed by atoms with Crippen molar-refractivity contribution in [2.24, 2.45) is 4.99 Å². The van der Waals surface area contributed by atoms with Crippen molar-refractivity contribution in [1.29, 1.82) is 0 Å². The first kappa shape index (κ1) is 16.5. The van der Waals surface area contributed by atoms with Crippen LogP contribution < -0.4 is 10.6 Å². The lowest BCUT2D eigenvalue weighted by atomic mass is 9.92.